The van der Waals surface area contributed by atoms with E-state index in [1.807, 2.05) is 0 Å². The Labute approximate surface area is 97.7 Å². The van der Waals surface area contributed by atoms with Gasteiger partial charge in [0.2, 0.25) is 0 Å². The third-order valence-electron chi connectivity index (χ3n) is 2.70. The van der Waals surface area contributed by atoms with Gasteiger partial charge in [-0.2, -0.15) is 0 Å². The molecule has 0 amide bonds. The van der Waals surface area contributed by atoms with E-state index in [1.54, 1.807) is 0 Å². The molecule has 0 spiro atoms. The van der Waals surface area contributed by atoms with E-state index < -0.39 is 10.7 Å². The molecule has 0 saturated carbocycles. The van der Waals surface area contributed by atoms with Crippen LogP contribution in [0.5, 0.6) is 0 Å². The summed E-state index contributed by atoms with van der Waals surface area (Å²) in [6, 6.07) is 3.49. The fraction of sp³-hybridized carbons (Fsp3) is 0.455. The van der Waals surface area contributed by atoms with Crippen molar-refractivity contribution in [1.82, 2.24) is 0 Å². The minimum atomic E-state index is -0.612. The van der Waals surface area contributed by atoms with Crippen molar-refractivity contribution in [1.29, 1.82) is 0 Å². The van der Waals surface area contributed by atoms with E-state index in [2.05, 4.69) is 5.32 Å². The average Bonchev–Trinajstić information content (AvgIpc) is 2.80. The van der Waals surface area contributed by atoms with Crippen LogP contribution in [0.3, 0.4) is 0 Å². The standard InChI is InChI=1S/C11H13FN2O3/c12-8-3-4-10(11(6-8)14(15)16)13-7-9-2-1-5-17-9/h3-4,6,9,13H,1-2,5,7H2. The molecule has 0 aromatic heterocycles. The minimum Gasteiger partial charge on any atom is -0.377 e. The van der Waals surface area contributed by atoms with Crippen molar-refractivity contribution in [3.63, 3.8) is 0 Å². The Kier molecular flexibility index (Phi) is 3.53. The van der Waals surface area contributed by atoms with Crippen LogP contribution in [0.25, 0.3) is 0 Å². The van der Waals surface area contributed by atoms with Gasteiger partial charge in [0.15, 0.2) is 0 Å². The molecule has 1 saturated heterocycles. The van der Waals surface area contributed by atoms with E-state index >= 15 is 0 Å². The molecule has 92 valence electrons. The highest BCUT2D eigenvalue weighted by Gasteiger charge is 2.18. The number of halogens is 1. The lowest BCUT2D eigenvalue weighted by Crippen LogP contribution is -2.18. The third kappa shape index (κ3) is 2.91. The summed E-state index contributed by atoms with van der Waals surface area (Å²) in [5.74, 6) is -0.612. The Hall–Kier alpha value is -1.69. The first-order valence-corrected chi connectivity index (χ1v) is 5.46. The van der Waals surface area contributed by atoms with Crippen LogP contribution in [-0.4, -0.2) is 24.2 Å². The maximum Gasteiger partial charge on any atom is 0.295 e. The van der Waals surface area contributed by atoms with Crippen molar-refractivity contribution < 1.29 is 14.1 Å². The summed E-state index contributed by atoms with van der Waals surface area (Å²) >= 11 is 0. The summed E-state index contributed by atoms with van der Waals surface area (Å²) in [6.45, 7) is 1.24. The Morgan fingerprint density at radius 2 is 2.41 bits per heavy atom. The molecule has 1 unspecified atom stereocenters. The summed E-state index contributed by atoms with van der Waals surface area (Å²) in [5.41, 5.74) is 0.0786. The molecular formula is C11H13FN2O3. The molecular weight excluding hydrogens is 227 g/mol. The van der Waals surface area contributed by atoms with Gasteiger partial charge in [0.1, 0.15) is 11.5 Å². The topological polar surface area (TPSA) is 64.4 Å². The van der Waals surface area contributed by atoms with E-state index in [4.69, 9.17) is 4.74 Å². The largest absolute Gasteiger partial charge is 0.377 e. The second-order valence-corrected chi connectivity index (χ2v) is 3.93. The van der Waals surface area contributed by atoms with Gasteiger partial charge in [-0.05, 0) is 25.0 Å². The van der Waals surface area contributed by atoms with Gasteiger partial charge in [0.05, 0.1) is 17.1 Å². The van der Waals surface area contributed by atoms with Gasteiger partial charge in [-0.15, -0.1) is 0 Å². The van der Waals surface area contributed by atoms with Gasteiger partial charge in [-0.25, -0.2) is 4.39 Å². The lowest BCUT2D eigenvalue weighted by Gasteiger charge is -2.11. The highest BCUT2D eigenvalue weighted by atomic mass is 19.1. The van der Waals surface area contributed by atoms with E-state index in [-0.39, 0.29) is 11.8 Å². The normalized spacial score (nSPS) is 19.2. The van der Waals surface area contributed by atoms with Crippen molar-refractivity contribution in [2.75, 3.05) is 18.5 Å². The maximum atomic E-state index is 12.9. The molecule has 17 heavy (non-hydrogen) atoms. The van der Waals surface area contributed by atoms with Crippen LogP contribution in [-0.2, 0) is 4.74 Å². The van der Waals surface area contributed by atoms with E-state index in [9.17, 15) is 14.5 Å². The molecule has 0 radical (unpaired) electrons. The number of benzene rings is 1. The van der Waals surface area contributed by atoms with Crippen LogP contribution >= 0.6 is 0 Å². The number of nitrogens with one attached hydrogen (secondary N) is 1. The molecule has 0 aliphatic carbocycles. The summed E-state index contributed by atoms with van der Waals surface area (Å²) in [6.07, 6.45) is 2.04. The molecule has 1 aromatic rings. The highest BCUT2D eigenvalue weighted by Crippen LogP contribution is 2.25. The number of hydrogen-bond acceptors (Lipinski definition) is 4. The van der Waals surface area contributed by atoms with Gasteiger partial charge < -0.3 is 10.1 Å². The summed E-state index contributed by atoms with van der Waals surface area (Å²) in [7, 11) is 0. The zero-order chi connectivity index (χ0) is 12.3. The highest BCUT2D eigenvalue weighted by molar-refractivity contribution is 5.61. The monoisotopic (exact) mass is 240 g/mol. The van der Waals surface area contributed by atoms with Crippen LogP contribution in [0.1, 0.15) is 12.8 Å². The summed E-state index contributed by atoms with van der Waals surface area (Å²) in [4.78, 5) is 10.1. The number of nitrogens with zero attached hydrogens (tertiary/aromatic N) is 1. The Morgan fingerprint density at radius 1 is 1.59 bits per heavy atom. The molecule has 6 heteroatoms. The number of ether oxygens (including phenoxy) is 1. The second kappa shape index (κ2) is 5.09. The van der Waals surface area contributed by atoms with E-state index in [0.717, 1.165) is 25.5 Å². The lowest BCUT2D eigenvalue weighted by molar-refractivity contribution is -0.384. The SMILES string of the molecule is O=[N+]([O-])c1cc(F)ccc1NCC1CCCO1. The van der Waals surface area contributed by atoms with Crippen LogP contribution < -0.4 is 5.32 Å². The summed E-state index contributed by atoms with van der Waals surface area (Å²) in [5, 5.41) is 13.7. The molecule has 1 aliphatic heterocycles. The fourth-order valence-corrected chi connectivity index (χ4v) is 1.83. The van der Waals surface area contributed by atoms with Crippen molar-refractivity contribution in [2.24, 2.45) is 0 Å². The first kappa shape index (κ1) is 11.8. The zero-order valence-corrected chi connectivity index (χ0v) is 9.19. The van der Waals surface area contributed by atoms with Crippen LogP contribution in [0.4, 0.5) is 15.8 Å². The first-order valence-electron chi connectivity index (χ1n) is 5.46. The molecule has 1 heterocycles. The van der Waals surface area contributed by atoms with Crippen LogP contribution in [0.15, 0.2) is 18.2 Å². The molecule has 1 aliphatic rings. The third-order valence-corrected chi connectivity index (χ3v) is 2.70. The van der Waals surface area contributed by atoms with Gasteiger partial charge >= 0.3 is 0 Å². The maximum absolute atomic E-state index is 12.9. The van der Waals surface area contributed by atoms with Crippen LogP contribution in [0.2, 0.25) is 0 Å². The molecule has 1 N–H and O–H groups in total. The first-order chi connectivity index (χ1) is 8.16. The van der Waals surface area contributed by atoms with E-state index in [0.29, 0.717) is 12.2 Å². The zero-order valence-electron chi connectivity index (χ0n) is 9.19. The van der Waals surface area contributed by atoms with Crippen molar-refractivity contribution in [2.45, 2.75) is 18.9 Å². The van der Waals surface area contributed by atoms with Gasteiger partial charge in [0.25, 0.3) is 5.69 Å². The number of anilines is 1. The predicted octanol–water partition coefficient (Wildman–Crippen LogP) is 2.32. The molecule has 0 bridgehead atoms. The number of hydrogen-bond donors (Lipinski definition) is 1. The molecule has 1 atom stereocenters. The number of nitro benzene ring substituents is 1. The molecule has 2 rings (SSSR count). The molecule has 5 nitrogen and oxygen atoms in total. The Bertz CT molecular complexity index is 419. The van der Waals surface area contributed by atoms with Crippen LogP contribution in [0, 0.1) is 15.9 Å². The fourth-order valence-electron chi connectivity index (χ4n) is 1.83. The summed E-state index contributed by atoms with van der Waals surface area (Å²) < 4.78 is 18.3. The second-order valence-electron chi connectivity index (χ2n) is 3.93. The smallest absolute Gasteiger partial charge is 0.295 e. The van der Waals surface area contributed by atoms with E-state index in [1.165, 1.54) is 12.1 Å². The Morgan fingerprint density at radius 3 is 3.06 bits per heavy atom. The van der Waals surface area contributed by atoms with Crippen molar-refractivity contribution in [3.05, 3.63) is 34.1 Å². The minimum absolute atomic E-state index is 0.0830. The van der Waals surface area contributed by atoms with Gasteiger partial charge in [0, 0.05) is 13.2 Å². The number of rotatable bonds is 4. The van der Waals surface area contributed by atoms with Crippen molar-refractivity contribution in [3.8, 4) is 0 Å². The predicted molar refractivity (Wildman–Crippen MR) is 60.5 cm³/mol. The molecule has 1 fully saturated rings. The number of nitro groups is 1. The Balaban J connectivity index is 2.06. The lowest BCUT2D eigenvalue weighted by atomic mass is 10.2. The molecule has 1 aromatic carbocycles. The van der Waals surface area contributed by atoms with Gasteiger partial charge in [-0.3, -0.25) is 10.1 Å². The average molecular weight is 240 g/mol. The van der Waals surface area contributed by atoms with Crippen molar-refractivity contribution >= 4 is 11.4 Å². The quantitative estimate of drug-likeness (QED) is 0.648. The van der Waals surface area contributed by atoms with Gasteiger partial charge in [-0.1, -0.05) is 0 Å².